The molecule has 0 saturated heterocycles. The van der Waals surface area contributed by atoms with Crippen molar-refractivity contribution in [2.45, 2.75) is 19.4 Å². The van der Waals surface area contributed by atoms with Crippen LogP contribution in [0.25, 0.3) is 10.9 Å². The van der Waals surface area contributed by atoms with Gasteiger partial charge in [0.2, 0.25) is 0 Å². The molecule has 1 aromatic carbocycles. The fourth-order valence-corrected chi connectivity index (χ4v) is 3.19. The zero-order chi connectivity index (χ0) is 13.8. The van der Waals surface area contributed by atoms with E-state index in [0.29, 0.717) is 0 Å². The summed E-state index contributed by atoms with van der Waals surface area (Å²) in [7, 11) is 0. The number of nitrogens with zero attached hydrogens (tertiary/aromatic N) is 1. The van der Waals surface area contributed by atoms with Gasteiger partial charge in [0, 0.05) is 11.6 Å². The van der Waals surface area contributed by atoms with E-state index in [1.165, 1.54) is 16.5 Å². The van der Waals surface area contributed by atoms with Crippen molar-refractivity contribution in [2.75, 3.05) is 6.54 Å². The van der Waals surface area contributed by atoms with Crippen LogP contribution in [-0.2, 0) is 0 Å². The molecule has 0 radical (unpaired) electrons. The second-order valence-electron chi connectivity index (χ2n) is 4.86. The third-order valence-electron chi connectivity index (χ3n) is 3.47. The maximum absolute atomic E-state index is 4.46. The summed E-state index contributed by atoms with van der Waals surface area (Å²) in [5.41, 5.74) is 3.70. The highest BCUT2D eigenvalue weighted by atomic mass is 32.1. The molecule has 20 heavy (non-hydrogen) atoms. The predicted molar refractivity (Wildman–Crippen MR) is 86.2 cm³/mol. The standard InChI is InChI=1S/C17H18N2S/c1-2-9-19-17(13-8-11-20-12-13)15-7-10-18-16-6-4-3-5-14(15)16/h3-8,10-12,17,19H,2,9H2,1H3. The zero-order valence-electron chi connectivity index (χ0n) is 11.5. The first kappa shape index (κ1) is 13.3. The van der Waals surface area contributed by atoms with E-state index >= 15 is 0 Å². The maximum Gasteiger partial charge on any atom is 0.0705 e. The molecule has 0 bridgehead atoms. The fraction of sp³-hybridized carbons (Fsp3) is 0.235. The Balaban J connectivity index is 2.09. The number of rotatable bonds is 5. The van der Waals surface area contributed by atoms with Gasteiger partial charge in [0.15, 0.2) is 0 Å². The van der Waals surface area contributed by atoms with Gasteiger partial charge in [0.05, 0.1) is 11.6 Å². The van der Waals surface area contributed by atoms with E-state index in [-0.39, 0.29) is 6.04 Å². The summed E-state index contributed by atoms with van der Waals surface area (Å²) in [6, 6.07) is 12.9. The van der Waals surface area contributed by atoms with Crippen molar-refractivity contribution in [3.05, 3.63) is 64.5 Å². The second kappa shape index (κ2) is 6.16. The number of para-hydroxylation sites is 1. The van der Waals surface area contributed by atoms with E-state index in [2.05, 4.69) is 58.3 Å². The van der Waals surface area contributed by atoms with Gasteiger partial charge in [-0.15, -0.1) is 0 Å². The Kier molecular flexibility index (Phi) is 4.09. The highest BCUT2D eigenvalue weighted by molar-refractivity contribution is 7.08. The van der Waals surface area contributed by atoms with Crippen LogP contribution < -0.4 is 5.32 Å². The van der Waals surface area contributed by atoms with Gasteiger partial charge < -0.3 is 5.32 Å². The molecular weight excluding hydrogens is 264 g/mol. The van der Waals surface area contributed by atoms with Crippen molar-refractivity contribution in [1.82, 2.24) is 10.3 Å². The van der Waals surface area contributed by atoms with Gasteiger partial charge in [0.25, 0.3) is 0 Å². The van der Waals surface area contributed by atoms with Crippen molar-refractivity contribution in [2.24, 2.45) is 0 Å². The minimum atomic E-state index is 0.245. The zero-order valence-corrected chi connectivity index (χ0v) is 12.4. The summed E-state index contributed by atoms with van der Waals surface area (Å²) >= 11 is 1.75. The molecule has 3 heteroatoms. The van der Waals surface area contributed by atoms with E-state index in [4.69, 9.17) is 0 Å². The van der Waals surface area contributed by atoms with Crippen LogP contribution in [-0.4, -0.2) is 11.5 Å². The highest BCUT2D eigenvalue weighted by Crippen LogP contribution is 2.29. The molecule has 0 aliphatic rings. The van der Waals surface area contributed by atoms with E-state index < -0.39 is 0 Å². The molecule has 3 aromatic rings. The average Bonchev–Trinajstić information content (AvgIpc) is 3.02. The van der Waals surface area contributed by atoms with Gasteiger partial charge in [-0.25, -0.2) is 0 Å². The molecule has 0 saturated carbocycles. The Morgan fingerprint density at radius 1 is 1.20 bits per heavy atom. The molecular formula is C17H18N2S. The molecule has 0 amide bonds. The van der Waals surface area contributed by atoms with Crippen LogP contribution in [0.1, 0.15) is 30.5 Å². The summed E-state index contributed by atoms with van der Waals surface area (Å²) < 4.78 is 0. The Hall–Kier alpha value is -1.71. The molecule has 0 spiro atoms. The van der Waals surface area contributed by atoms with Crippen LogP contribution in [0.2, 0.25) is 0 Å². The normalized spacial score (nSPS) is 12.7. The first-order chi connectivity index (χ1) is 9.90. The SMILES string of the molecule is CCCNC(c1ccsc1)c1ccnc2ccccc12. The molecule has 1 atom stereocenters. The Morgan fingerprint density at radius 2 is 2.10 bits per heavy atom. The third-order valence-corrected chi connectivity index (χ3v) is 4.17. The van der Waals surface area contributed by atoms with Gasteiger partial charge >= 0.3 is 0 Å². The summed E-state index contributed by atoms with van der Waals surface area (Å²) in [6.07, 6.45) is 3.04. The van der Waals surface area contributed by atoms with Gasteiger partial charge in [-0.3, -0.25) is 4.98 Å². The molecule has 1 N–H and O–H groups in total. The lowest BCUT2D eigenvalue weighted by molar-refractivity contribution is 0.603. The molecule has 3 rings (SSSR count). The molecule has 0 aliphatic carbocycles. The Morgan fingerprint density at radius 3 is 2.90 bits per heavy atom. The van der Waals surface area contributed by atoms with E-state index in [0.717, 1.165) is 18.5 Å². The van der Waals surface area contributed by atoms with Crippen molar-refractivity contribution >= 4 is 22.2 Å². The number of benzene rings is 1. The van der Waals surface area contributed by atoms with Crippen molar-refractivity contribution in [3.8, 4) is 0 Å². The van der Waals surface area contributed by atoms with Crippen LogP contribution >= 0.6 is 11.3 Å². The van der Waals surface area contributed by atoms with Gasteiger partial charge in [0.1, 0.15) is 0 Å². The van der Waals surface area contributed by atoms with Crippen LogP contribution in [0.4, 0.5) is 0 Å². The van der Waals surface area contributed by atoms with E-state index in [9.17, 15) is 0 Å². The van der Waals surface area contributed by atoms with Crippen LogP contribution in [0.3, 0.4) is 0 Å². The van der Waals surface area contributed by atoms with Crippen LogP contribution in [0.5, 0.6) is 0 Å². The predicted octanol–water partition coefficient (Wildman–Crippen LogP) is 4.39. The third kappa shape index (κ3) is 2.60. The van der Waals surface area contributed by atoms with Crippen LogP contribution in [0.15, 0.2) is 53.4 Å². The molecule has 1 unspecified atom stereocenters. The summed E-state index contributed by atoms with van der Waals surface area (Å²) in [6.45, 7) is 3.21. The Labute approximate surface area is 123 Å². The average molecular weight is 282 g/mol. The monoisotopic (exact) mass is 282 g/mol. The minimum absolute atomic E-state index is 0.245. The number of nitrogens with one attached hydrogen (secondary N) is 1. The van der Waals surface area contributed by atoms with E-state index in [1.807, 2.05) is 12.3 Å². The van der Waals surface area contributed by atoms with Crippen LogP contribution in [0, 0.1) is 0 Å². The lowest BCUT2D eigenvalue weighted by atomic mass is 9.97. The summed E-state index contributed by atoms with van der Waals surface area (Å²) in [5, 5.41) is 9.25. The summed E-state index contributed by atoms with van der Waals surface area (Å²) in [5.74, 6) is 0. The quantitative estimate of drug-likeness (QED) is 0.751. The first-order valence-corrected chi connectivity index (χ1v) is 7.93. The largest absolute Gasteiger partial charge is 0.306 e. The van der Waals surface area contributed by atoms with Gasteiger partial charge in [-0.1, -0.05) is 25.1 Å². The molecule has 0 aliphatic heterocycles. The highest BCUT2D eigenvalue weighted by Gasteiger charge is 2.16. The molecule has 2 nitrogen and oxygen atoms in total. The first-order valence-electron chi connectivity index (χ1n) is 6.99. The van der Waals surface area contributed by atoms with Gasteiger partial charge in [-0.2, -0.15) is 11.3 Å². The number of hydrogen-bond donors (Lipinski definition) is 1. The number of aromatic nitrogens is 1. The number of pyridine rings is 1. The van der Waals surface area contributed by atoms with Gasteiger partial charge in [-0.05, 0) is 53.1 Å². The minimum Gasteiger partial charge on any atom is -0.306 e. The molecule has 2 heterocycles. The topological polar surface area (TPSA) is 24.9 Å². The van der Waals surface area contributed by atoms with Crippen molar-refractivity contribution in [3.63, 3.8) is 0 Å². The summed E-state index contributed by atoms with van der Waals surface area (Å²) in [4.78, 5) is 4.46. The van der Waals surface area contributed by atoms with Crippen molar-refractivity contribution in [1.29, 1.82) is 0 Å². The Bertz CT molecular complexity index is 671. The maximum atomic E-state index is 4.46. The fourth-order valence-electron chi connectivity index (χ4n) is 2.50. The lowest BCUT2D eigenvalue weighted by Crippen LogP contribution is -2.23. The molecule has 0 fully saturated rings. The van der Waals surface area contributed by atoms with Crippen molar-refractivity contribution < 1.29 is 0 Å². The number of thiophene rings is 1. The lowest BCUT2D eigenvalue weighted by Gasteiger charge is -2.19. The molecule has 102 valence electrons. The second-order valence-corrected chi connectivity index (χ2v) is 5.64. The number of hydrogen-bond acceptors (Lipinski definition) is 3. The smallest absolute Gasteiger partial charge is 0.0705 e. The number of fused-ring (bicyclic) bond motifs is 1. The molecule has 2 aromatic heterocycles. The van der Waals surface area contributed by atoms with E-state index in [1.54, 1.807) is 11.3 Å².